The minimum Gasteiger partial charge on any atom is -0.490 e. The monoisotopic (exact) mass is 630 g/mol. The molecule has 232 valence electrons. The van der Waals surface area contributed by atoms with Gasteiger partial charge in [-0.15, -0.1) is 0 Å². The number of halogens is 1. The normalized spacial score (nSPS) is 14.4. The zero-order chi connectivity index (χ0) is 31.9. The molecular formula is C34H31FN2O7S. The van der Waals surface area contributed by atoms with Gasteiger partial charge in [-0.3, -0.25) is 9.36 Å². The van der Waals surface area contributed by atoms with Crippen molar-refractivity contribution in [3.05, 3.63) is 121 Å². The summed E-state index contributed by atoms with van der Waals surface area (Å²) in [6.45, 7) is 5.66. The Labute approximate surface area is 262 Å². The smallest absolute Gasteiger partial charge is 0.344 e. The standard InChI is InChI=1S/C34H31FN2O7S/c1-4-41-26-18-21(12-17-25(26)44-20-28(38)42-5-2)19-27-32(39)37-31(23-13-15-24(35)16-14-23)29(33(40)43-6-3)30(36-34(37)45-27)22-10-8-7-9-11-22/h7-19,31H,4-6,20H2,1-3H3/b27-19-. The Bertz CT molecular complexity index is 1910. The molecule has 11 heteroatoms. The van der Waals surface area contributed by atoms with Crippen LogP contribution in [0.5, 0.6) is 11.5 Å². The predicted molar refractivity (Wildman–Crippen MR) is 167 cm³/mol. The van der Waals surface area contributed by atoms with E-state index in [4.69, 9.17) is 23.9 Å². The maximum Gasteiger partial charge on any atom is 0.344 e. The summed E-state index contributed by atoms with van der Waals surface area (Å²) in [7, 11) is 0. The van der Waals surface area contributed by atoms with Gasteiger partial charge >= 0.3 is 11.9 Å². The van der Waals surface area contributed by atoms with Crippen molar-refractivity contribution < 1.29 is 32.9 Å². The number of ether oxygens (including phenoxy) is 4. The number of benzene rings is 3. The van der Waals surface area contributed by atoms with E-state index in [-0.39, 0.29) is 31.0 Å². The highest BCUT2D eigenvalue weighted by Gasteiger charge is 2.35. The molecule has 0 bridgehead atoms. The summed E-state index contributed by atoms with van der Waals surface area (Å²) in [4.78, 5) is 44.6. The van der Waals surface area contributed by atoms with Crippen molar-refractivity contribution in [3.8, 4) is 11.5 Å². The van der Waals surface area contributed by atoms with Crippen molar-refractivity contribution in [2.45, 2.75) is 26.8 Å². The second kappa shape index (κ2) is 14.2. The van der Waals surface area contributed by atoms with E-state index in [1.54, 1.807) is 50.3 Å². The van der Waals surface area contributed by atoms with Crippen LogP contribution in [0, 0.1) is 5.82 Å². The van der Waals surface area contributed by atoms with Crippen LogP contribution in [0.3, 0.4) is 0 Å². The molecule has 0 amide bonds. The number of carbonyl (C=O) groups is 2. The molecule has 3 aromatic carbocycles. The molecule has 0 aliphatic carbocycles. The zero-order valence-electron chi connectivity index (χ0n) is 24.9. The second-order valence-electron chi connectivity index (χ2n) is 9.72. The number of fused-ring (bicyclic) bond motifs is 1. The number of hydrogen-bond donors (Lipinski definition) is 0. The minimum atomic E-state index is -0.920. The van der Waals surface area contributed by atoms with Crippen LogP contribution in [-0.2, 0) is 19.1 Å². The average Bonchev–Trinajstić information content (AvgIpc) is 3.35. The van der Waals surface area contributed by atoms with Crippen molar-refractivity contribution in [3.63, 3.8) is 0 Å². The van der Waals surface area contributed by atoms with Crippen molar-refractivity contribution >= 4 is 35.0 Å². The van der Waals surface area contributed by atoms with Gasteiger partial charge in [-0.2, -0.15) is 0 Å². The summed E-state index contributed by atoms with van der Waals surface area (Å²) in [6.07, 6.45) is 1.69. The lowest BCUT2D eigenvalue weighted by molar-refractivity contribution is -0.145. The van der Waals surface area contributed by atoms with Gasteiger partial charge in [0.25, 0.3) is 5.56 Å². The molecule has 1 aliphatic rings. The Kier molecular flexibility index (Phi) is 9.89. The lowest BCUT2D eigenvalue weighted by Crippen LogP contribution is -2.40. The fourth-order valence-electron chi connectivity index (χ4n) is 4.89. The minimum absolute atomic E-state index is 0.118. The van der Waals surface area contributed by atoms with Crippen molar-refractivity contribution in [2.75, 3.05) is 26.4 Å². The first-order chi connectivity index (χ1) is 21.8. The SMILES string of the molecule is CCOC(=O)COc1ccc(/C=c2\sc3n(c2=O)C(c2ccc(F)cc2)C(C(=O)OCC)=C(c2ccccc2)N=3)cc1OCC. The summed E-state index contributed by atoms with van der Waals surface area (Å²) in [5.74, 6) is -0.827. The fraction of sp³-hybridized carbons (Fsp3) is 0.235. The van der Waals surface area contributed by atoms with E-state index in [9.17, 15) is 18.8 Å². The third-order valence-corrected chi connectivity index (χ3v) is 7.76. The van der Waals surface area contributed by atoms with E-state index in [1.165, 1.54) is 16.7 Å². The van der Waals surface area contributed by atoms with Gasteiger partial charge in [0, 0.05) is 5.56 Å². The fourth-order valence-corrected chi connectivity index (χ4v) is 5.89. The van der Waals surface area contributed by atoms with E-state index in [0.29, 0.717) is 49.8 Å². The van der Waals surface area contributed by atoms with Crippen LogP contribution >= 0.6 is 11.3 Å². The highest BCUT2D eigenvalue weighted by molar-refractivity contribution is 7.07. The molecule has 1 unspecified atom stereocenters. The number of hydrogen-bond acceptors (Lipinski definition) is 9. The Morgan fingerprint density at radius 3 is 2.33 bits per heavy atom. The molecule has 0 N–H and O–H groups in total. The predicted octanol–water partition coefficient (Wildman–Crippen LogP) is 4.42. The van der Waals surface area contributed by atoms with E-state index in [1.807, 2.05) is 37.3 Å². The maximum absolute atomic E-state index is 14.1. The van der Waals surface area contributed by atoms with Crippen LogP contribution in [-0.4, -0.2) is 42.9 Å². The average molecular weight is 631 g/mol. The van der Waals surface area contributed by atoms with Crippen LogP contribution < -0.4 is 24.4 Å². The van der Waals surface area contributed by atoms with Crippen molar-refractivity contribution in [1.29, 1.82) is 0 Å². The highest BCUT2D eigenvalue weighted by atomic mass is 32.1. The third-order valence-electron chi connectivity index (χ3n) is 6.78. The Morgan fingerprint density at radius 1 is 0.911 bits per heavy atom. The molecule has 4 aromatic rings. The first kappa shape index (κ1) is 31.4. The van der Waals surface area contributed by atoms with Crippen molar-refractivity contribution in [2.24, 2.45) is 4.99 Å². The summed E-state index contributed by atoms with van der Waals surface area (Å²) >= 11 is 1.16. The van der Waals surface area contributed by atoms with Gasteiger partial charge in [0.2, 0.25) is 0 Å². The quantitative estimate of drug-likeness (QED) is 0.226. The van der Waals surface area contributed by atoms with Gasteiger partial charge in [-0.25, -0.2) is 19.0 Å². The first-order valence-electron chi connectivity index (χ1n) is 14.4. The van der Waals surface area contributed by atoms with Gasteiger partial charge in [0.05, 0.1) is 41.7 Å². The molecule has 1 atom stereocenters. The van der Waals surface area contributed by atoms with Gasteiger partial charge < -0.3 is 18.9 Å². The van der Waals surface area contributed by atoms with Gasteiger partial charge in [0.1, 0.15) is 5.82 Å². The molecule has 1 aliphatic heterocycles. The van der Waals surface area contributed by atoms with Gasteiger partial charge in [-0.1, -0.05) is 59.9 Å². The molecular weight excluding hydrogens is 599 g/mol. The third kappa shape index (κ3) is 6.88. The van der Waals surface area contributed by atoms with Crippen LogP contribution in [0.1, 0.15) is 43.5 Å². The van der Waals surface area contributed by atoms with Gasteiger partial charge in [-0.05, 0) is 62.2 Å². The molecule has 0 spiro atoms. The topological polar surface area (TPSA) is 105 Å². The molecule has 0 radical (unpaired) electrons. The number of aromatic nitrogens is 1. The number of nitrogens with zero attached hydrogens (tertiary/aromatic N) is 2. The second-order valence-corrected chi connectivity index (χ2v) is 10.7. The summed E-state index contributed by atoms with van der Waals surface area (Å²) < 4.78 is 37.5. The van der Waals surface area contributed by atoms with E-state index >= 15 is 0 Å². The molecule has 9 nitrogen and oxygen atoms in total. The molecule has 0 fully saturated rings. The largest absolute Gasteiger partial charge is 0.490 e. The summed E-state index contributed by atoms with van der Waals surface area (Å²) in [5, 5.41) is 0. The maximum atomic E-state index is 14.1. The van der Waals surface area contributed by atoms with Crippen LogP contribution in [0.4, 0.5) is 4.39 Å². The van der Waals surface area contributed by atoms with E-state index in [0.717, 1.165) is 11.3 Å². The van der Waals surface area contributed by atoms with Gasteiger partial charge in [0.15, 0.2) is 22.9 Å². The Morgan fingerprint density at radius 2 is 1.64 bits per heavy atom. The lowest BCUT2D eigenvalue weighted by Gasteiger charge is -2.25. The first-order valence-corrected chi connectivity index (χ1v) is 15.2. The summed E-state index contributed by atoms with van der Waals surface area (Å²) in [5.41, 5.74) is 2.00. The molecule has 0 saturated carbocycles. The Balaban J connectivity index is 1.67. The molecule has 5 rings (SSSR count). The van der Waals surface area contributed by atoms with Crippen LogP contribution in [0.25, 0.3) is 11.8 Å². The number of rotatable bonds is 11. The van der Waals surface area contributed by atoms with Crippen molar-refractivity contribution in [1.82, 2.24) is 4.57 Å². The highest BCUT2D eigenvalue weighted by Crippen LogP contribution is 2.35. The number of esters is 2. The van der Waals surface area contributed by atoms with E-state index in [2.05, 4.69) is 0 Å². The Hall–Kier alpha value is -5.03. The van der Waals surface area contributed by atoms with E-state index < -0.39 is 23.8 Å². The molecule has 45 heavy (non-hydrogen) atoms. The number of thiazole rings is 1. The summed E-state index contributed by atoms with van der Waals surface area (Å²) in [6, 6.07) is 19.0. The molecule has 2 heterocycles. The van der Waals surface area contributed by atoms with Crippen LogP contribution in [0.2, 0.25) is 0 Å². The van der Waals surface area contributed by atoms with Crippen LogP contribution in [0.15, 0.2) is 88.2 Å². The zero-order valence-corrected chi connectivity index (χ0v) is 25.8. The number of carbonyl (C=O) groups excluding carboxylic acids is 2. The molecule has 1 aromatic heterocycles. The molecule has 0 saturated heterocycles. The lowest BCUT2D eigenvalue weighted by atomic mass is 9.93.